The molecule has 0 aromatic heterocycles. The molecule has 0 radical (unpaired) electrons. The lowest BCUT2D eigenvalue weighted by Crippen LogP contribution is -2.47. The third-order valence-electron chi connectivity index (χ3n) is 2.18. The van der Waals surface area contributed by atoms with Gasteiger partial charge in [-0.3, -0.25) is 0 Å². The molecule has 1 heterocycles. The number of nitrogens with zero attached hydrogens (tertiary/aromatic N) is 1. The van der Waals surface area contributed by atoms with Crippen LogP contribution >= 0.6 is 0 Å². The lowest BCUT2D eigenvalue weighted by Gasteiger charge is -2.20. The molecule has 0 aromatic carbocycles. The second-order valence-electron chi connectivity index (χ2n) is 3.17. The SMILES string of the molecule is CCN(C)C(=O)NC1COCC1O. The monoisotopic (exact) mass is 188 g/mol. The zero-order valence-electron chi connectivity index (χ0n) is 7.99. The molecule has 13 heavy (non-hydrogen) atoms. The van der Waals surface area contributed by atoms with Gasteiger partial charge in [-0.1, -0.05) is 0 Å². The van der Waals surface area contributed by atoms with Crippen LogP contribution in [-0.4, -0.2) is 55.0 Å². The number of rotatable bonds is 2. The average Bonchev–Trinajstić information content (AvgIpc) is 2.50. The van der Waals surface area contributed by atoms with Crippen LogP contribution in [0.5, 0.6) is 0 Å². The van der Waals surface area contributed by atoms with Crippen LogP contribution in [0.1, 0.15) is 6.92 Å². The highest BCUT2D eigenvalue weighted by Gasteiger charge is 2.28. The Balaban J connectivity index is 2.35. The molecule has 5 heteroatoms. The molecule has 2 N–H and O–H groups in total. The molecule has 2 atom stereocenters. The van der Waals surface area contributed by atoms with Gasteiger partial charge in [-0.25, -0.2) is 4.79 Å². The van der Waals surface area contributed by atoms with Crippen molar-refractivity contribution < 1.29 is 14.6 Å². The zero-order chi connectivity index (χ0) is 9.84. The Hall–Kier alpha value is -0.810. The molecule has 0 aliphatic carbocycles. The van der Waals surface area contributed by atoms with Crippen molar-refractivity contribution in [1.82, 2.24) is 10.2 Å². The topological polar surface area (TPSA) is 61.8 Å². The maximum absolute atomic E-state index is 11.3. The van der Waals surface area contributed by atoms with Gasteiger partial charge in [0.05, 0.1) is 25.4 Å². The van der Waals surface area contributed by atoms with Crippen LogP contribution in [0.15, 0.2) is 0 Å². The number of hydrogen-bond acceptors (Lipinski definition) is 3. The van der Waals surface area contributed by atoms with Crippen LogP contribution in [0.2, 0.25) is 0 Å². The summed E-state index contributed by atoms with van der Waals surface area (Å²) < 4.78 is 5.00. The molecule has 0 spiro atoms. The smallest absolute Gasteiger partial charge is 0.317 e. The standard InChI is InChI=1S/C8H16N2O3/c1-3-10(2)8(12)9-6-4-13-5-7(6)11/h6-7,11H,3-5H2,1-2H3,(H,9,12). The van der Waals surface area contributed by atoms with Crippen molar-refractivity contribution in [2.24, 2.45) is 0 Å². The minimum atomic E-state index is -0.575. The normalized spacial score (nSPS) is 27.3. The van der Waals surface area contributed by atoms with Crippen LogP contribution in [0.25, 0.3) is 0 Å². The molecule has 1 aliphatic heterocycles. The van der Waals surface area contributed by atoms with Gasteiger partial charge in [-0.05, 0) is 6.92 Å². The number of carbonyl (C=O) groups excluding carboxylic acids is 1. The van der Waals surface area contributed by atoms with E-state index in [-0.39, 0.29) is 12.1 Å². The summed E-state index contributed by atoms with van der Waals surface area (Å²) in [5.74, 6) is 0. The van der Waals surface area contributed by atoms with Crippen molar-refractivity contribution in [2.45, 2.75) is 19.1 Å². The summed E-state index contributed by atoms with van der Waals surface area (Å²) in [4.78, 5) is 12.9. The first kappa shape index (κ1) is 10.3. The van der Waals surface area contributed by atoms with Gasteiger partial charge >= 0.3 is 6.03 Å². The molecule has 0 saturated carbocycles. The molecule has 0 aromatic rings. The highest BCUT2D eigenvalue weighted by Crippen LogP contribution is 2.05. The second-order valence-corrected chi connectivity index (χ2v) is 3.17. The molecular weight excluding hydrogens is 172 g/mol. The summed E-state index contributed by atoms with van der Waals surface area (Å²) in [6, 6.07) is -0.432. The molecule has 1 fully saturated rings. The zero-order valence-corrected chi connectivity index (χ0v) is 7.99. The van der Waals surface area contributed by atoms with Gasteiger partial charge in [0.15, 0.2) is 0 Å². The third-order valence-corrected chi connectivity index (χ3v) is 2.18. The number of aliphatic hydroxyl groups excluding tert-OH is 1. The fourth-order valence-corrected chi connectivity index (χ4v) is 1.09. The Labute approximate surface area is 77.7 Å². The molecule has 5 nitrogen and oxygen atoms in total. The van der Waals surface area contributed by atoms with Crippen molar-refractivity contribution in [3.63, 3.8) is 0 Å². The van der Waals surface area contributed by atoms with Gasteiger partial charge in [-0.2, -0.15) is 0 Å². The van der Waals surface area contributed by atoms with Crippen molar-refractivity contribution in [3.8, 4) is 0 Å². The van der Waals surface area contributed by atoms with Gasteiger partial charge in [0.25, 0.3) is 0 Å². The van der Waals surface area contributed by atoms with E-state index in [1.165, 1.54) is 0 Å². The van der Waals surface area contributed by atoms with Gasteiger partial charge in [-0.15, -0.1) is 0 Å². The summed E-state index contributed by atoms with van der Waals surface area (Å²) in [6.45, 7) is 3.24. The molecule has 1 aliphatic rings. The maximum atomic E-state index is 11.3. The lowest BCUT2D eigenvalue weighted by atomic mass is 10.2. The highest BCUT2D eigenvalue weighted by atomic mass is 16.5. The number of hydrogen-bond donors (Lipinski definition) is 2. The van der Waals surface area contributed by atoms with Crippen molar-refractivity contribution >= 4 is 6.03 Å². The molecule has 2 unspecified atom stereocenters. The summed E-state index contributed by atoms with van der Waals surface area (Å²) in [6.07, 6.45) is -0.575. The minimum Gasteiger partial charge on any atom is -0.388 e. The number of ether oxygens (including phenoxy) is 1. The van der Waals surface area contributed by atoms with Gasteiger partial charge in [0.2, 0.25) is 0 Å². The summed E-state index contributed by atoms with van der Waals surface area (Å²) in [5, 5.41) is 12.0. The van der Waals surface area contributed by atoms with E-state index in [2.05, 4.69) is 5.32 Å². The Morgan fingerprint density at radius 3 is 2.85 bits per heavy atom. The van der Waals surface area contributed by atoms with E-state index in [0.717, 1.165) is 0 Å². The van der Waals surface area contributed by atoms with Gasteiger partial charge in [0, 0.05) is 13.6 Å². The number of amides is 2. The molecular formula is C8H16N2O3. The summed E-state index contributed by atoms with van der Waals surface area (Å²) >= 11 is 0. The van der Waals surface area contributed by atoms with E-state index < -0.39 is 6.10 Å². The van der Waals surface area contributed by atoms with E-state index in [1.54, 1.807) is 11.9 Å². The lowest BCUT2D eigenvalue weighted by molar-refractivity contribution is 0.122. The molecule has 76 valence electrons. The second kappa shape index (κ2) is 4.43. The first-order valence-electron chi connectivity index (χ1n) is 4.42. The van der Waals surface area contributed by atoms with E-state index in [0.29, 0.717) is 19.8 Å². The van der Waals surface area contributed by atoms with Crippen LogP contribution in [0.3, 0.4) is 0 Å². The number of carbonyl (C=O) groups is 1. The minimum absolute atomic E-state index is 0.169. The summed E-state index contributed by atoms with van der Waals surface area (Å²) in [5.41, 5.74) is 0. The van der Waals surface area contributed by atoms with E-state index >= 15 is 0 Å². The summed E-state index contributed by atoms with van der Waals surface area (Å²) in [7, 11) is 1.71. The van der Waals surface area contributed by atoms with Crippen molar-refractivity contribution in [1.29, 1.82) is 0 Å². The van der Waals surface area contributed by atoms with Gasteiger partial charge in [0.1, 0.15) is 0 Å². The number of urea groups is 1. The van der Waals surface area contributed by atoms with Crippen molar-refractivity contribution in [3.05, 3.63) is 0 Å². The molecule has 1 saturated heterocycles. The van der Waals surface area contributed by atoms with Crippen molar-refractivity contribution in [2.75, 3.05) is 26.8 Å². The van der Waals surface area contributed by atoms with Crippen LogP contribution in [-0.2, 0) is 4.74 Å². The predicted octanol–water partition coefficient (Wildman–Crippen LogP) is -0.593. The van der Waals surface area contributed by atoms with Crippen LogP contribution in [0, 0.1) is 0 Å². The Kier molecular flexibility index (Phi) is 3.50. The molecule has 0 bridgehead atoms. The fraction of sp³-hybridized carbons (Fsp3) is 0.875. The Morgan fingerprint density at radius 2 is 2.38 bits per heavy atom. The first-order valence-corrected chi connectivity index (χ1v) is 4.42. The maximum Gasteiger partial charge on any atom is 0.317 e. The third kappa shape index (κ3) is 2.57. The van der Waals surface area contributed by atoms with E-state index in [1.807, 2.05) is 6.92 Å². The van der Waals surface area contributed by atoms with Crippen LogP contribution < -0.4 is 5.32 Å². The van der Waals surface area contributed by atoms with E-state index in [9.17, 15) is 9.90 Å². The largest absolute Gasteiger partial charge is 0.388 e. The van der Waals surface area contributed by atoms with Crippen LogP contribution in [0.4, 0.5) is 4.79 Å². The Bertz CT molecular complexity index is 186. The molecule has 1 rings (SSSR count). The Morgan fingerprint density at radius 1 is 1.69 bits per heavy atom. The number of nitrogens with one attached hydrogen (secondary N) is 1. The fourth-order valence-electron chi connectivity index (χ4n) is 1.09. The van der Waals surface area contributed by atoms with Gasteiger partial charge < -0.3 is 20.1 Å². The van der Waals surface area contributed by atoms with E-state index in [4.69, 9.17) is 4.74 Å². The quantitative estimate of drug-likeness (QED) is 0.608. The molecule has 2 amide bonds. The highest BCUT2D eigenvalue weighted by molar-refractivity contribution is 5.74. The predicted molar refractivity (Wildman–Crippen MR) is 47.4 cm³/mol. The number of aliphatic hydroxyl groups is 1. The average molecular weight is 188 g/mol. The first-order chi connectivity index (χ1) is 6.15.